The summed E-state index contributed by atoms with van der Waals surface area (Å²) in [6.45, 7) is 2.50. The second-order valence-corrected chi connectivity index (χ2v) is 6.73. The first-order chi connectivity index (χ1) is 12.7. The maximum absolute atomic E-state index is 13.2. The molecule has 0 fully saturated rings. The van der Waals surface area contributed by atoms with Crippen LogP contribution in [0.25, 0.3) is 22.0 Å². The number of fused-ring (bicyclic) bond motifs is 1. The van der Waals surface area contributed by atoms with Crippen molar-refractivity contribution >= 4 is 28.5 Å². The highest BCUT2D eigenvalue weighted by Crippen LogP contribution is 2.31. The van der Waals surface area contributed by atoms with Crippen LogP contribution in [-0.4, -0.2) is 28.5 Å². The van der Waals surface area contributed by atoms with Crippen molar-refractivity contribution in [1.29, 1.82) is 0 Å². The zero-order valence-corrected chi connectivity index (χ0v) is 15.3. The van der Waals surface area contributed by atoms with E-state index in [1.165, 1.54) is 23.9 Å². The summed E-state index contributed by atoms with van der Waals surface area (Å²) in [5, 5.41) is 11.1. The third-order valence-corrected chi connectivity index (χ3v) is 4.81. The number of esters is 1. The van der Waals surface area contributed by atoms with Gasteiger partial charge >= 0.3 is 5.97 Å². The smallest absolute Gasteiger partial charge is 0.316 e. The molecule has 0 bridgehead atoms. The minimum Gasteiger partial charge on any atom is -0.465 e. The van der Waals surface area contributed by atoms with E-state index < -0.39 is 0 Å². The van der Waals surface area contributed by atoms with Crippen LogP contribution in [0.1, 0.15) is 19.8 Å². The number of hydrogen-bond acceptors (Lipinski definition) is 5. The van der Waals surface area contributed by atoms with Crippen LogP contribution in [0, 0.1) is 5.82 Å². The number of thioether (sulfide) groups is 1. The van der Waals surface area contributed by atoms with E-state index in [0.29, 0.717) is 17.3 Å². The maximum atomic E-state index is 13.2. The van der Waals surface area contributed by atoms with Gasteiger partial charge in [0.05, 0.1) is 12.4 Å². The number of halogens is 1. The quantitative estimate of drug-likeness (QED) is 0.337. The molecule has 0 spiro atoms. The zero-order chi connectivity index (χ0) is 18.4. The minimum absolute atomic E-state index is 0.193. The minimum atomic E-state index is -0.292. The molecular weight excluding hydrogens is 351 g/mol. The highest BCUT2D eigenvalue weighted by Gasteiger charge is 2.13. The van der Waals surface area contributed by atoms with E-state index >= 15 is 0 Å². The van der Waals surface area contributed by atoms with Crippen LogP contribution in [-0.2, 0) is 9.53 Å². The van der Waals surface area contributed by atoms with Crippen LogP contribution in [0.5, 0.6) is 0 Å². The summed E-state index contributed by atoms with van der Waals surface area (Å²) in [5.74, 6) is -0.352. The number of carbonyl (C=O) groups excluding carboxylic acids is 1. The highest BCUT2D eigenvalue weighted by atomic mass is 32.2. The predicted octanol–water partition coefficient (Wildman–Crippen LogP) is 4.87. The van der Waals surface area contributed by atoms with E-state index in [1.54, 1.807) is 12.1 Å². The van der Waals surface area contributed by atoms with Gasteiger partial charge in [-0.2, -0.15) is 0 Å². The summed E-state index contributed by atoms with van der Waals surface area (Å²) in [7, 11) is 0. The average Bonchev–Trinajstić information content (AvgIpc) is 2.67. The summed E-state index contributed by atoms with van der Waals surface area (Å²) >= 11 is 1.31. The molecule has 26 heavy (non-hydrogen) atoms. The van der Waals surface area contributed by atoms with E-state index in [9.17, 15) is 9.18 Å². The van der Waals surface area contributed by atoms with Gasteiger partial charge in [0.25, 0.3) is 0 Å². The molecule has 0 saturated heterocycles. The lowest BCUT2D eigenvalue weighted by Crippen LogP contribution is -2.08. The van der Waals surface area contributed by atoms with Crippen LogP contribution in [0.2, 0.25) is 0 Å². The van der Waals surface area contributed by atoms with Crippen molar-refractivity contribution in [1.82, 2.24) is 10.2 Å². The van der Waals surface area contributed by atoms with Crippen molar-refractivity contribution < 1.29 is 13.9 Å². The fourth-order valence-corrected chi connectivity index (χ4v) is 3.28. The molecule has 1 aromatic heterocycles. The van der Waals surface area contributed by atoms with Gasteiger partial charge in [-0.3, -0.25) is 4.79 Å². The standard InChI is InChI=1S/C20H19FN2O2S/c1-2-3-12-25-18(24)13-26-20-17-7-5-4-6-16(17)19(22-23-20)14-8-10-15(21)11-9-14/h4-11H,2-3,12-13H2,1H3. The summed E-state index contributed by atoms with van der Waals surface area (Å²) < 4.78 is 18.4. The summed E-state index contributed by atoms with van der Waals surface area (Å²) in [5.41, 5.74) is 1.49. The van der Waals surface area contributed by atoms with E-state index in [-0.39, 0.29) is 17.5 Å². The zero-order valence-electron chi connectivity index (χ0n) is 14.4. The van der Waals surface area contributed by atoms with Crippen molar-refractivity contribution in [2.24, 2.45) is 0 Å². The topological polar surface area (TPSA) is 52.1 Å². The van der Waals surface area contributed by atoms with Crippen LogP contribution in [0.4, 0.5) is 4.39 Å². The molecule has 0 aliphatic rings. The molecule has 3 rings (SSSR count). The Morgan fingerprint density at radius 3 is 2.54 bits per heavy atom. The van der Waals surface area contributed by atoms with Crippen LogP contribution in [0.3, 0.4) is 0 Å². The molecule has 134 valence electrons. The molecule has 1 heterocycles. The van der Waals surface area contributed by atoms with Crippen molar-refractivity contribution in [3.63, 3.8) is 0 Å². The molecule has 6 heteroatoms. The van der Waals surface area contributed by atoms with Crippen LogP contribution < -0.4 is 0 Å². The molecule has 0 amide bonds. The Balaban J connectivity index is 1.84. The molecule has 0 radical (unpaired) electrons. The van der Waals surface area contributed by atoms with E-state index in [4.69, 9.17) is 4.74 Å². The van der Waals surface area contributed by atoms with Gasteiger partial charge in [0.2, 0.25) is 0 Å². The number of aromatic nitrogens is 2. The van der Waals surface area contributed by atoms with Crippen molar-refractivity contribution in [2.75, 3.05) is 12.4 Å². The summed E-state index contributed by atoms with van der Waals surface area (Å²) in [6.07, 6.45) is 1.85. The van der Waals surface area contributed by atoms with Crippen LogP contribution >= 0.6 is 11.8 Å². The Morgan fingerprint density at radius 1 is 1.08 bits per heavy atom. The van der Waals surface area contributed by atoms with Gasteiger partial charge in [-0.1, -0.05) is 49.4 Å². The van der Waals surface area contributed by atoms with Gasteiger partial charge in [-0.25, -0.2) is 4.39 Å². The largest absolute Gasteiger partial charge is 0.465 e. The lowest BCUT2D eigenvalue weighted by atomic mass is 10.1. The van der Waals surface area contributed by atoms with Gasteiger partial charge in [-0.05, 0) is 30.7 Å². The van der Waals surface area contributed by atoms with E-state index in [1.807, 2.05) is 31.2 Å². The molecule has 0 saturated carbocycles. The van der Waals surface area contributed by atoms with E-state index in [0.717, 1.165) is 29.2 Å². The van der Waals surface area contributed by atoms with Gasteiger partial charge in [-0.15, -0.1) is 10.2 Å². The van der Waals surface area contributed by atoms with E-state index in [2.05, 4.69) is 10.2 Å². The van der Waals surface area contributed by atoms with Crippen molar-refractivity contribution in [2.45, 2.75) is 24.8 Å². The highest BCUT2D eigenvalue weighted by molar-refractivity contribution is 8.00. The SMILES string of the molecule is CCCCOC(=O)CSc1nnc(-c2ccc(F)cc2)c2ccccc12. The Hall–Kier alpha value is -2.47. The first-order valence-corrected chi connectivity index (χ1v) is 9.47. The Labute approximate surface area is 155 Å². The predicted molar refractivity (Wildman–Crippen MR) is 102 cm³/mol. The number of unbranched alkanes of at least 4 members (excludes halogenated alkanes) is 1. The molecule has 0 aliphatic carbocycles. The van der Waals surface area contributed by atoms with Gasteiger partial charge < -0.3 is 4.74 Å². The monoisotopic (exact) mass is 370 g/mol. The normalized spacial score (nSPS) is 10.8. The number of rotatable bonds is 7. The molecule has 3 aromatic rings. The molecule has 0 aliphatic heterocycles. The Bertz CT molecular complexity index is 900. The summed E-state index contributed by atoms with van der Waals surface area (Å²) in [4.78, 5) is 11.8. The third-order valence-electron chi connectivity index (χ3n) is 3.86. The van der Waals surface area contributed by atoms with Crippen molar-refractivity contribution in [3.05, 3.63) is 54.3 Å². The molecule has 2 aromatic carbocycles. The number of ether oxygens (including phenoxy) is 1. The van der Waals surface area contributed by atoms with Crippen LogP contribution in [0.15, 0.2) is 53.6 Å². The number of benzene rings is 2. The fraction of sp³-hybridized carbons (Fsp3) is 0.250. The fourth-order valence-electron chi connectivity index (χ4n) is 2.51. The number of hydrogen-bond donors (Lipinski definition) is 0. The third kappa shape index (κ3) is 4.38. The molecular formula is C20H19FN2O2S. The number of nitrogens with zero attached hydrogens (tertiary/aromatic N) is 2. The molecule has 0 atom stereocenters. The maximum Gasteiger partial charge on any atom is 0.316 e. The van der Waals surface area contributed by atoms with Crippen molar-refractivity contribution in [3.8, 4) is 11.3 Å². The van der Waals surface area contributed by atoms with Gasteiger partial charge in [0.15, 0.2) is 0 Å². The molecule has 4 nitrogen and oxygen atoms in total. The second-order valence-electron chi connectivity index (χ2n) is 5.77. The number of carbonyl (C=O) groups is 1. The summed E-state index contributed by atoms with van der Waals surface area (Å²) in [6, 6.07) is 13.9. The Morgan fingerprint density at radius 2 is 1.81 bits per heavy atom. The molecule has 0 N–H and O–H groups in total. The lowest BCUT2D eigenvalue weighted by Gasteiger charge is -2.09. The molecule has 0 unspecified atom stereocenters. The average molecular weight is 370 g/mol. The Kier molecular flexibility index (Phi) is 6.17. The first-order valence-electron chi connectivity index (χ1n) is 8.49. The van der Waals surface area contributed by atoms with Gasteiger partial charge in [0, 0.05) is 16.3 Å². The lowest BCUT2D eigenvalue weighted by molar-refractivity contribution is -0.140. The van der Waals surface area contributed by atoms with Gasteiger partial charge in [0.1, 0.15) is 16.5 Å². The second kappa shape index (κ2) is 8.76. The first kappa shape index (κ1) is 18.3.